The number of hydrogen-bond acceptors (Lipinski definition) is 4. The zero-order valence-corrected chi connectivity index (χ0v) is 13.5. The maximum Gasteiger partial charge on any atom is 0.147 e. The molecule has 3 aromatic rings. The predicted octanol–water partition coefficient (Wildman–Crippen LogP) is 3.22. The fourth-order valence-electron chi connectivity index (χ4n) is 3.03. The standard InChI is InChI=1S/C20H20N4/c1-3-7-16(8-4-1)19-20(17-9-5-2-6-10-17)23-18(15-22-19)24-13-11-21-12-14-24/h1-10,15,21H,11-14H2. The Bertz CT molecular complexity index is 796. The highest BCUT2D eigenvalue weighted by atomic mass is 15.2. The van der Waals surface area contributed by atoms with Crippen LogP contribution >= 0.6 is 0 Å². The van der Waals surface area contributed by atoms with E-state index in [0.29, 0.717) is 0 Å². The minimum absolute atomic E-state index is 0.931. The molecular formula is C20H20N4. The molecule has 0 saturated carbocycles. The minimum Gasteiger partial charge on any atom is -0.353 e. The zero-order chi connectivity index (χ0) is 16.2. The van der Waals surface area contributed by atoms with E-state index in [0.717, 1.165) is 54.5 Å². The smallest absolute Gasteiger partial charge is 0.147 e. The van der Waals surface area contributed by atoms with Gasteiger partial charge in [0.25, 0.3) is 0 Å². The maximum atomic E-state index is 4.98. The Kier molecular flexibility index (Phi) is 4.21. The van der Waals surface area contributed by atoms with E-state index in [1.165, 1.54) is 0 Å². The molecule has 0 amide bonds. The topological polar surface area (TPSA) is 41.1 Å². The fraction of sp³-hybridized carbons (Fsp3) is 0.200. The fourth-order valence-corrected chi connectivity index (χ4v) is 3.03. The van der Waals surface area contributed by atoms with Gasteiger partial charge in [-0.15, -0.1) is 0 Å². The number of aromatic nitrogens is 2. The van der Waals surface area contributed by atoms with E-state index in [4.69, 9.17) is 9.97 Å². The maximum absolute atomic E-state index is 4.98. The molecule has 1 saturated heterocycles. The van der Waals surface area contributed by atoms with E-state index < -0.39 is 0 Å². The Labute approximate surface area is 142 Å². The quantitative estimate of drug-likeness (QED) is 0.805. The summed E-state index contributed by atoms with van der Waals surface area (Å²) in [6.45, 7) is 3.91. The van der Waals surface area contributed by atoms with Gasteiger partial charge in [-0.2, -0.15) is 0 Å². The van der Waals surface area contributed by atoms with Crippen LogP contribution in [0.5, 0.6) is 0 Å². The molecule has 0 spiro atoms. The van der Waals surface area contributed by atoms with Crippen LogP contribution in [0.1, 0.15) is 0 Å². The molecule has 4 nitrogen and oxygen atoms in total. The lowest BCUT2D eigenvalue weighted by Crippen LogP contribution is -2.44. The Balaban J connectivity index is 1.82. The van der Waals surface area contributed by atoms with E-state index in [1.54, 1.807) is 0 Å². The van der Waals surface area contributed by atoms with Gasteiger partial charge in [0.05, 0.1) is 17.6 Å². The molecule has 1 aliphatic heterocycles. The van der Waals surface area contributed by atoms with Crippen molar-refractivity contribution in [3.63, 3.8) is 0 Å². The number of piperazine rings is 1. The number of nitrogens with one attached hydrogen (secondary N) is 1. The molecule has 4 heteroatoms. The van der Waals surface area contributed by atoms with Gasteiger partial charge in [-0.1, -0.05) is 60.7 Å². The molecule has 0 aliphatic carbocycles. The van der Waals surface area contributed by atoms with E-state index in [-0.39, 0.29) is 0 Å². The lowest BCUT2D eigenvalue weighted by Gasteiger charge is -2.28. The number of anilines is 1. The summed E-state index contributed by atoms with van der Waals surface area (Å²) >= 11 is 0. The molecule has 1 fully saturated rings. The van der Waals surface area contributed by atoms with Crippen LogP contribution in [-0.2, 0) is 0 Å². The van der Waals surface area contributed by atoms with Crippen LogP contribution in [0.25, 0.3) is 22.5 Å². The van der Waals surface area contributed by atoms with Gasteiger partial charge in [-0.25, -0.2) is 4.98 Å². The molecule has 0 radical (unpaired) electrons. The minimum atomic E-state index is 0.931. The average molecular weight is 316 g/mol. The van der Waals surface area contributed by atoms with Crippen molar-refractivity contribution in [1.82, 2.24) is 15.3 Å². The van der Waals surface area contributed by atoms with Crippen LogP contribution in [0.3, 0.4) is 0 Å². The van der Waals surface area contributed by atoms with Gasteiger partial charge >= 0.3 is 0 Å². The molecular weight excluding hydrogens is 296 g/mol. The first-order valence-electron chi connectivity index (χ1n) is 8.35. The summed E-state index contributed by atoms with van der Waals surface area (Å²) in [5.74, 6) is 0.954. The van der Waals surface area contributed by atoms with Crippen molar-refractivity contribution in [3.8, 4) is 22.5 Å². The SMILES string of the molecule is c1ccc(-c2ncc(N3CCNCC3)nc2-c2ccccc2)cc1. The second-order valence-electron chi connectivity index (χ2n) is 5.89. The molecule has 2 aromatic carbocycles. The van der Waals surface area contributed by atoms with Crippen molar-refractivity contribution in [2.45, 2.75) is 0 Å². The van der Waals surface area contributed by atoms with Crippen LogP contribution in [0.2, 0.25) is 0 Å². The van der Waals surface area contributed by atoms with Crippen molar-refractivity contribution in [1.29, 1.82) is 0 Å². The molecule has 4 rings (SSSR count). The van der Waals surface area contributed by atoms with Crippen LogP contribution in [0.4, 0.5) is 5.82 Å². The average Bonchev–Trinajstić information content (AvgIpc) is 2.69. The molecule has 0 unspecified atom stereocenters. The van der Waals surface area contributed by atoms with Crippen molar-refractivity contribution in [2.75, 3.05) is 31.1 Å². The molecule has 1 aromatic heterocycles. The van der Waals surface area contributed by atoms with Gasteiger partial charge in [0.15, 0.2) is 0 Å². The van der Waals surface area contributed by atoms with Gasteiger partial charge < -0.3 is 10.2 Å². The van der Waals surface area contributed by atoms with Crippen LogP contribution in [0.15, 0.2) is 66.9 Å². The third kappa shape index (κ3) is 3.01. The van der Waals surface area contributed by atoms with Crippen LogP contribution < -0.4 is 10.2 Å². The van der Waals surface area contributed by atoms with Gasteiger partial charge in [0.1, 0.15) is 5.82 Å². The van der Waals surface area contributed by atoms with E-state index in [9.17, 15) is 0 Å². The normalized spacial score (nSPS) is 14.6. The summed E-state index contributed by atoms with van der Waals surface area (Å²) in [4.78, 5) is 12.1. The summed E-state index contributed by atoms with van der Waals surface area (Å²) in [6, 6.07) is 20.6. The van der Waals surface area contributed by atoms with Crippen LogP contribution in [0, 0.1) is 0 Å². The highest BCUT2D eigenvalue weighted by Gasteiger charge is 2.16. The zero-order valence-electron chi connectivity index (χ0n) is 13.5. The van der Waals surface area contributed by atoms with Crippen molar-refractivity contribution >= 4 is 5.82 Å². The lowest BCUT2D eigenvalue weighted by atomic mass is 10.0. The highest BCUT2D eigenvalue weighted by Crippen LogP contribution is 2.30. The number of nitrogens with zero attached hydrogens (tertiary/aromatic N) is 3. The monoisotopic (exact) mass is 316 g/mol. The van der Waals surface area contributed by atoms with Crippen LogP contribution in [-0.4, -0.2) is 36.1 Å². The summed E-state index contributed by atoms with van der Waals surface area (Å²) in [5.41, 5.74) is 4.06. The van der Waals surface area contributed by atoms with Gasteiger partial charge in [0, 0.05) is 37.3 Å². The molecule has 1 N–H and O–H groups in total. The van der Waals surface area contributed by atoms with Gasteiger partial charge in [-0.3, -0.25) is 4.98 Å². The van der Waals surface area contributed by atoms with Gasteiger partial charge in [-0.05, 0) is 0 Å². The van der Waals surface area contributed by atoms with Gasteiger partial charge in [0.2, 0.25) is 0 Å². The van der Waals surface area contributed by atoms with Crippen molar-refractivity contribution in [2.24, 2.45) is 0 Å². The van der Waals surface area contributed by atoms with E-state index in [1.807, 2.05) is 42.6 Å². The second-order valence-corrected chi connectivity index (χ2v) is 5.89. The lowest BCUT2D eigenvalue weighted by molar-refractivity contribution is 0.584. The molecule has 120 valence electrons. The Morgan fingerprint density at radius 3 is 1.96 bits per heavy atom. The molecule has 1 aliphatic rings. The predicted molar refractivity (Wildman–Crippen MR) is 98.0 cm³/mol. The first-order chi connectivity index (χ1) is 11.9. The van der Waals surface area contributed by atoms with Crippen molar-refractivity contribution in [3.05, 3.63) is 66.9 Å². The van der Waals surface area contributed by atoms with Crippen molar-refractivity contribution < 1.29 is 0 Å². The highest BCUT2D eigenvalue weighted by molar-refractivity contribution is 5.78. The Hall–Kier alpha value is -2.72. The Morgan fingerprint density at radius 1 is 0.750 bits per heavy atom. The third-order valence-electron chi connectivity index (χ3n) is 4.30. The van der Waals surface area contributed by atoms with E-state index in [2.05, 4.69) is 34.5 Å². The number of hydrogen-bond donors (Lipinski definition) is 1. The summed E-state index contributed by atoms with van der Waals surface area (Å²) in [5, 5.41) is 3.38. The third-order valence-corrected chi connectivity index (χ3v) is 4.30. The Morgan fingerprint density at radius 2 is 1.33 bits per heavy atom. The second kappa shape index (κ2) is 6.81. The number of rotatable bonds is 3. The molecule has 0 bridgehead atoms. The molecule has 0 atom stereocenters. The van der Waals surface area contributed by atoms with E-state index >= 15 is 0 Å². The first-order valence-corrected chi connectivity index (χ1v) is 8.35. The number of benzene rings is 2. The summed E-state index contributed by atoms with van der Waals surface area (Å²) in [7, 11) is 0. The largest absolute Gasteiger partial charge is 0.353 e. The molecule has 24 heavy (non-hydrogen) atoms. The summed E-state index contributed by atoms with van der Waals surface area (Å²) in [6.07, 6.45) is 1.90. The summed E-state index contributed by atoms with van der Waals surface area (Å²) < 4.78 is 0. The first kappa shape index (κ1) is 14.8. The molecule has 2 heterocycles.